The third kappa shape index (κ3) is 4.90. The van der Waals surface area contributed by atoms with Gasteiger partial charge in [-0.1, -0.05) is 29.8 Å². The number of rotatable bonds is 7. The maximum absolute atomic E-state index is 13.0. The summed E-state index contributed by atoms with van der Waals surface area (Å²) in [6.45, 7) is 2.10. The average molecular weight is 426 g/mol. The molecule has 7 heteroatoms. The fourth-order valence-electron chi connectivity index (χ4n) is 3.24. The first-order valence-electron chi connectivity index (χ1n) is 9.58. The molecule has 0 aliphatic heterocycles. The van der Waals surface area contributed by atoms with Gasteiger partial charge in [0.05, 0.1) is 18.8 Å². The summed E-state index contributed by atoms with van der Waals surface area (Å²) in [6, 6.07) is 17.6. The van der Waals surface area contributed by atoms with E-state index in [9.17, 15) is 14.7 Å². The molecule has 2 N–H and O–H groups in total. The molecule has 1 aromatic heterocycles. The van der Waals surface area contributed by atoms with Crippen LogP contribution in [-0.4, -0.2) is 47.0 Å². The van der Waals surface area contributed by atoms with Gasteiger partial charge in [-0.15, -0.1) is 0 Å². The Labute approximate surface area is 180 Å². The van der Waals surface area contributed by atoms with Crippen LogP contribution in [0.1, 0.15) is 27.3 Å². The van der Waals surface area contributed by atoms with Crippen molar-refractivity contribution in [1.82, 2.24) is 9.88 Å². The standard InChI is InChI=1S/C23H24ClN3O3/c1-16-14-19(25-21(16)22(29)17-8-10-18(24)11-9-17)15-27(12-13-28)23(30)26(2)20-6-4-3-5-7-20/h3-11,14,25,28H,12-13,15H2,1-2H3. The number of para-hydroxylation sites is 1. The van der Waals surface area contributed by atoms with Crippen LogP contribution >= 0.6 is 11.6 Å². The number of aromatic amines is 1. The van der Waals surface area contributed by atoms with Gasteiger partial charge in [0.2, 0.25) is 5.78 Å². The Morgan fingerprint density at radius 2 is 1.73 bits per heavy atom. The molecule has 0 saturated heterocycles. The van der Waals surface area contributed by atoms with Crippen LogP contribution in [0.15, 0.2) is 60.7 Å². The lowest BCUT2D eigenvalue weighted by Gasteiger charge is -2.27. The number of anilines is 1. The van der Waals surface area contributed by atoms with Gasteiger partial charge in [0.15, 0.2) is 0 Å². The fourth-order valence-corrected chi connectivity index (χ4v) is 3.36. The molecule has 0 atom stereocenters. The molecule has 0 spiro atoms. The number of nitrogens with one attached hydrogen (secondary N) is 1. The number of H-pyrrole nitrogens is 1. The van der Waals surface area contributed by atoms with Crippen molar-refractivity contribution in [2.24, 2.45) is 0 Å². The second-order valence-electron chi connectivity index (χ2n) is 7.01. The van der Waals surface area contributed by atoms with Gasteiger partial charge < -0.3 is 15.0 Å². The van der Waals surface area contributed by atoms with Crippen molar-refractivity contribution in [3.8, 4) is 0 Å². The molecule has 1 heterocycles. The first-order valence-corrected chi connectivity index (χ1v) is 9.95. The van der Waals surface area contributed by atoms with Crippen molar-refractivity contribution in [2.45, 2.75) is 13.5 Å². The van der Waals surface area contributed by atoms with E-state index >= 15 is 0 Å². The van der Waals surface area contributed by atoms with Crippen LogP contribution in [0.3, 0.4) is 0 Å². The zero-order valence-electron chi connectivity index (χ0n) is 16.9. The zero-order valence-corrected chi connectivity index (χ0v) is 17.7. The topological polar surface area (TPSA) is 76.6 Å². The second kappa shape index (κ2) is 9.61. The fraction of sp³-hybridized carbons (Fsp3) is 0.217. The quantitative estimate of drug-likeness (QED) is 0.555. The summed E-state index contributed by atoms with van der Waals surface area (Å²) in [4.78, 5) is 32.0. The van der Waals surface area contributed by atoms with E-state index in [-0.39, 0.29) is 31.5 Å². The molecule has 3 aromatic rings. The number of aromatic nitrogens is 1. The molecule has 0 fully saturated rings. The van der Waals surface area contributed by atoms with Crippen molar-refractivity contribution < 1.29 is 14.7 Å². The van der Waals surface area contributed by atoms with Gasteiger partial charge in [-0.25, -0.2) is 4.79 Å². The van der Waals surface area contributed by atoms with E-state index in [1.54, 1.807) is 31.3 Å². The Kier molecular flexibility index (Phi) is 6.92. The molecule has 0 aliphatic carbocycles. The number of hydrogen-bond donors (Lipinski definition) is 2. The van der Waals surface area contributed by atoms with Crippen LogP contribution in [0.5, 0.6) is 0 Å². The molecule has 30 heavy (non-hydrogen) atoms. The summed E-state index contributed by atoms with van der Waals surface area (Å²) in [6.07, 6.45) is 0. The van der Waals surface area contributed by atoms with Crippen LogP contribution in [0, 0.1) is 6.92 Å². The van der Waals surface area contributed by atoms with E-state index in [1.165, 1.54) is 9.80 Å². The summed E-state index contributed by atoms with van der Waals surface area (Å²) in [5.41, 5.74) is 3.26. The average Bonchev–Trinajstić information content (AvgIpc) is 3.13. The first-order chi connectivity index (χ1) is 14.4. The molecule has 6 nitrogen and oxygen atoms in total. The van der Waals surface area contributed by atoms with E-state index in [2.05, 4.69) is 4.98 Å². The molecule has 0 radical (unpaired) electrons. The monoisotopic (exact) mass is 425 g/mol. The maximum Gasteiger partial charge on any atom is 0.324 e. The number of aryl methyl sites for hydroxylation is 1. The van der Waals surface area contributed by atoms with Crippen LogP contribution < -0.4 is 4.90 Å². The number of nitrogens with zero attached hydrogens (tertiary/aromatic N) is 2. The smallest absolute Gasteiger partial charge is 0.324 e. The SMILES string of the molecule is Cc1cc(CN(CCO)C(=O)N(C)c2ccccc2)[nH]c1C(=O)c1ccc(Cl)cc1. The van der Waals surface area contributed by atoms with Crippen molar-refractivity contribution in [3.05, 3.63) is 88.2 Å². The summed E-state index contributed by atoms with van der Waals surface area (Å²) in [7, 11) is 1.69. The normalized spacial score (nSPS) is 10.7. The summed E-state index contributed by atoms with van der Waals surface area (Å²) in [5, 5.41) is 10.0. The Hall–Kier alpha value is -3.09. The minimum Gasteiger partial charge on any atom is -0.395 e. The lowest BCUT2D eigenvalue weighted by Crippen LogP contribution is -2.42. The van der Waals surface area contributed by atoms with Crippen molar-refractivity contribution in [1.29, 1.82) is 0 Å². The number of halogens is 1. The van der Waals surface area contributed by atoms with E-state index in [4.69, 9.17) is 11.6 Å². The zero-order chi connectivity index (χ0) is 21.7. The number of aliphatic hydroxyl groups is 1. The molecule has 2 amide bonds. The van der Waals surface area contributed by atoms with E-state index in [0.29, 0.717) is 22.0 Å². The van der Waals surface area contributed by atoms with Gasteiger partial charge in [0.25, 0.3) is 0 Å². The number of ketones is 1. The number of carbonyl (C=O) groups excluding carboxylic acids is 2. The van der Waals surface area contributed by atoms with Crippen LogP contribution in [0.4, 0.5) is 10.5 Å². The van der Waals surface area contributed by atoms with Crippen LogP contribution in [-0.2, 0) is 6.54 Å². The van der Waals surface area contributed by atoms with Crippen molar-refractivity contribution in [3.63, 3.8) is 0 Å². The number of benzene rings is 2. The number of urea groups is 1. The predicted octanol–water partition coefficient (Wildman–Crippen LogP) is 4.26. The number of aliphatic hydroxyl groups excluding tert-OH is 1. The Morgan fingerprint density at radius 3 is 2.37 bits per heavy atom. The Bertz CT molecular complexity index is 1020. The Morgan fingerprint density at radius 1 is 1.07 bits per heavy atom. The molecule has 3 rings (SSSR count). The van der Waals surface area contributed by atoms with Gasteiger partial charge in [-0.2, -0.15) is 0 Å². The molecule has 2 aromatic carbocycles. The molecule has 156 valence electrons. The third-order valence-corrected chi connectivity index (χ3v) is 5.09. The van der Waals surface area contributed by atoms with Gasteiger partial charge in [0, 0.05) is 35.6 Å². The summed E-state index contributed by atoms with van der Waals surface area (Å²) in [5.74, 6) is -0.142. The van der Waals surface area contributed by atoms with Gasteiger partial charge >= 0.3 is 6.03 Å². The molecule has 0 unspecified atom stereocenters. The molecule has 0 saturated carbocycles. The van der Waals surface area contributed by atoms with Crippen LogP contribution in [0.25, 0.3) is 0 Å². The minimum absolute atomic E-state index is 0.142. The predicted molar refractivity (Wildman–Crippen MR) is 118 cm³/mol. The first kappa shape index (κ1) is 21.6. The lowest BCUT2D eigenvalue weighted by atomic mass is 10.1. The highest BCUT2D eigenvalue weighted by molar-refractivity contribution is 6.30. The lowest BCUT2D eigenvalue weighted by molar-refractivity contribution is 0.103. The number of carbonyl (C=O) groups is 2. The highest BCUT2D eigenvalue weighted by Crippen LogP contribution is 2.19. The van der Waals surface area contributed by atoms with Gasteiger partial charge in [-0.3, -0.25) is 9.69 Å². The highest BCUT2D eigenvalue weighted by atomic mass is 35.5. The molecule has 0 bridgehead atoms. The van der Waals surface area contributed by atoms with Crippen molar-refractivity contribution in [2.75, 3.05) is 25.1 Å². The van der Waals surface area contributed by atoms with Gasteiger partial charge in [-0.05, 0) is 55.0 Å². The van der Waals surface area contributed by atoms with Crippen LogP contribution in [0.2, 0.25) is 5.02 Å². The second-order valence-corrected chi connectivity index (χ2v) is 7.45. The summed E-state index contributed by atoms with van der Waals surface area (Å²) >= 11 is 5.90. The van der Waals surface area contributed by atoms with E-state index in [0.717, 1.165) is 11.3 Å². The maximum atomic E-state index is 13.0. The summed E-state index contributed by atoms with van der Waals surface area (Å²) < 4.78 is 0. The largest absolute Gasteiger partial charge is 0.395 e. The Balaban J connectivity index is 1.79. The van der Waals surface area contributed by atoms with E-state index in [1.807, 2.05) is 43.3 Å². The molecular weight excluding hydrogens is 402 g/mol. The molecular formula is C23H24ClN3O3. The van der Waals surface area contributed by atoms with E-state index < -0.39 is 0 Å². The molecule has 0 aliphatic rings. The van der Waals surface area contributed by atoms with Crippen molar-refractivity contribution >= 4 is 29.1 Å². The number of hydrogen-bond acceptors (Lipinski definition) is 3. The van der Waals surface area contributed by atoms with Gasteiger partial charge in [0.1, 0.15) is 0 Å². The highest BCUT2D eigenvalue weighted by Gasteiger charge is 2.21. The number of amides is 2. The third-order valence-electron chi connectivity index (χ3n) is 4.84. The minimum atomic E-state index is -0.243.